The third-order valence-electron chi connectivity index (χ3n) is 7.71. The quantitative estimate of drug-likeness (QED) is 0.195. The fraction of sp³-hybridized carbons (Fsp3) is 0.600. The van der Waals surface area contributed by atoms with Gasteiger partial charge < -0.3 is 25.0 Å². The highest BCUT2D eigenvalue weighted by atomic mass is 35.5. The molecule has 40 heavy (non-hydrogen) atoms. The number of amides is 1. The predicted molar refractivity (Wildman–Crippen MR) is 160 cm³/mol. The van der Waals surface area contributed by atoms with E-state index in [4.69, 9.17) is 27.9 Å². The van der Waals surface area contributed by atoms with E-state index in [-0.39, 0.29) is 18.5 Å². The number of carbonyl (C=O) groups excluding carboxylic acids is 2. The van der Waals surface area contributed by atoms with Crippen molar-refractivity contribution < 1.29 is 29.6 Å². The van der Waals surface area contributed by atoms with Crippen molar-refractivity contribution in [2.45, 2.75) is 76.6 Å². The van der Waals surface area contributed by atoms with Crippen LogP contribution >= 0.6 is 34.5 Å². The van der Waals surface area contributed by atoms with Crippen molar-refractivity contribution in [3.63, 3.8) is 0 Å². The Morgan fingerprint density at radius 3 is 2.45 bits per heavy atom. The summed E-state index contributed by atoms with van der Waals surface area (Å²) in [7, 11) is 0. The lowest BCUT2D eigenvalue weighted by atomic mass is 9.91. The van der Waals surface area contributed by atoms with Crippen LogP contribution in [0.1, 0.15) is 71.6 Å². The molecule has 2 atom stereocenters. The molecular formula is C30H41Cl2NO6S. The Labute approximate surface area is 251 Å². The van der Waals surface area contributed by atoms with E-state index in [2.05, 4.69) is 13.0 Å². The number of carbonyl (C=O) groups is 2. The van der Waals surface area contributed by atoms with Crippen LogP contribution in [0.15, 0.2) is 18.2 Å². The molecule has 3 N–H and O–H groups in total. The molecule has 0 aliphatic heterocycles. The Kier molecular flexibility index (Phi) is 12.3. The van der Waals surface area contributed by atoms with Gasteiger partial charge >= 0.3 is 5.97 Å². The first-order valence-electron chi connectivity index (χ1n) is 13.9. The average molecular weight is 615 g/mol. The number of alkyl halides is 1. The van der Waals surface area contributed by atoms with Crippen molar-refractivity contribution in [2.24, 2.45) is 5.92 Å². The number of nitrogens with zero attached hydrogens (tertiary/aromatic N) is 1. The average Bonchev–Trinajstić information content (AvgIpc) is 3.53. The van der Waals surface area contributed by atoms with Crippen LogP contribution < -0.4 is 0 Å². The minimum Gasteiger partial charge on any atom is -0.459 e. The Bertz CT molecular complexity index is 1170. The summed E-state index contributed by atoms with van der Waals surface area (Å²) < 4.78 is 5.57. The normalized spacial score (nSPS) is 17.3. The van der Waals surface area contributed by atoms with Crippen molar-refractivity contribution in [1.82, 2.24) is 4.90 Å². The third kappa shape index (κ3) is 7.78. The molecule has 2 aromatic rings. The van der Waals surface area contributed by atoms with Crippen LogP contribution in [0.2, 0.25) is 5.02 Å². The lowest BCUT2D eigenvalue weighted by Gasteiger charge is -2.40. The molecule has 7 nitrogen and oxygen atoms in total. The van der Waals surface area contributed by atoms with Crippen molar-refractivity contribution in [2.75, 3.05) is 33.0 Å². The van der Waals surface area contributed by atoms with Crippen molar-refractivity contribution in [3.05, 3.63) is 44.1 Å². The molecule has 10 heteroatoms. The second-order valence-corrected chi connectivity index (χ2v) is 13.0. The highest BCUT2D eigenvalue weighted by Gasteiger charge is 2.39. The molecule has 0 saturated heterocycles. The van der Waals surface area contributed by atoms with Crippen molar-refractivity contribution in [3.8, 4) is 11.1 Å². The number of aryl methyl sites for hydroxylation is 3. The van der Waals surface area contributed by atoms with Gasteiger partial charge in [-0.15, -0.1) is 22.9 Å². The molecule has 1 heterocycles. The highest BCUT2D eigenvalue weighted by molar-refractivity contribution is 7.14. The van der Waals surface area contributed by atoms with Gasteiger partial charge in [-0.1, -0.05) is 31.0 Å². The first-order valence-corrected chi connectivity index (χ1v) is 15.6. The Morgan fingerprint density at radius 1 is 1.15 bits per heavy atom. The van der Waals surface area contributed by atoms with Gasteiger partial charge in [0.1, 0.15) is 17.0 Å². The lowest BCUT2D eigenvalue weighted by molar-refractivity contribution is -0.144. The van der Waals surface area contributed by atoms with E-state index in [1.165, 1.54) is 18.3 Å². The molecule has 1 fully saturated rings. The fourth-order valence-electron chi connectivity index (χ4n) is 5.59. The van der Waals surface area contributed by atoms with Gasteiger partial charge in [-0.2, -0.15) is 0 Å². The van der Waals surface area contributed by atoms with Gasteiger partial charge in [0.2, 0.25) is 5.91 Å². The molecule has 0 unspecified atom stereocenters. The SMILES string of the molecule is CCCc1sc(C(=O)OCC(CO)(CO)N(CCO)C(C)=O)cc1-c1c(Cl)cc(C)cc1CC[C@H]1CC[C@@H](Cl)C1. The van der Waals surface area contributed by atoms with Crippen LogP contribution in [0.3, 0.4) is 0 Å². The number of rotatable bonds is 14. The van der Waals surface area contributed by atoms with Crippen molar-refractivity contribution in [1.29, 1.82) is 0 Å². The predicted octanol–water partition coefficient (Wildman–Crippen LogP) is 5.39. The highest BCUT2D eigenvalue weighted by Crippen LogP contribution is 2.41. The maximum Gasteiger partial charge on any atom is 0.348 e. The molecule has 0 spiro atoms. The van der Waals surface area contributed by atoms with E-state index in [1.54, 1.807) is 0 Å². The number of benzene rings is 1. The third-order valence-corrected chi connectivity index (χ3v) is 9.58. The van der Waals surface area contributed by atoms with Gasteiger partial charge in [-0.3, -0.25) is 4.79 Å². The van der Waals surface area contributed by atoms with Gasteiger partial charge in [0.05, 0.1) is 19.8 Å². The monoisotopic (exact) mass is 613 g/mol. The molecule has 1 aliphatic carbocycles. The smallest absolute Gasteiger partial charge is 0.348 e. The number of ether oxygens (including phenoxy) is 1. The number of hydrogen-bond acceptors (Lipinski definition) is 7. The summed E-state index contributed by atoms with van der Waals surface area (Å²) in [6.45, 7) is 3.20. The van der Waals surface area contributed by atoms with Crippen LogP contribution in [0.4, 0.5) is 0 Å². The number of β-amino-alcohol motifs (C(OH)–C–C–N with tert-alkyl or cyclic N) is 1. The molecular weight excluding hydrogens is 573 g/mol. The Balaban J connectivity index is 1.91. The topological polar surface area (TPSA) is 107 Å². The van der Waals surface area contributed by atoms with E-state index < -0.39 is 37.2 Å². The summed E-state index contributed by atoms with van der Waals surface area (Å²) in [6, 6.07) is 5.94. The number of thiophene rings is 1. The van der Waals surface area contributed by atoms with Gasteiger partial charge in [-0.05, 0) is 80.2 Å². The molecule has 222 valence electrons. The largest absolute Gasteiger partial charge is 0.459 e. The summed E-state index contributed by atoms with van der Waals surface area (Å²) in [4.78, 5) is 28.0. The summed E-state index contributed by atoms with van der Waals surface area (Å²) in [5.74, 6) is -0.481. The molecule has 0 bridgehead atoms. The van der Waals surface area contributed by atoms with Crippen LogP contribution in [0, 0.1) is 12.8 Å². The second kappa shape index (κ2) is 15.0. The number of aliphatic hydroxyl groups excluding tert-OH is 3. The Morgan fingerprint density at radius 2 is 1.88 bits per heavy atom. The molecule has 0 radical (unpaired) electrons. The zero-order valence-electron chi connectivity index (χ0n) is 23.5. The van der Waals surface area contributed by atoms with E-state index in [9.17, 15) is 24.9 Å². The van der Waals surface area contributed by atoms with Crippen LogP contribution in [-0.2, 0) is 22.4 Å². The van der Waals surface area contributed by atoms with Crippen molar-refractivity contribution >= 4 is 46.4 Å². The number of halogens is 2. The second-order valence-electron chi connectivity index (χ2n) is 10.8. The van der Waals surface area contributed by atoms with Gasteiger partial charge in [0.15, 0.2) is 0 Å². The number of hydrogen-bond donors (Lipinski definition) is 3. The molecule has 1 amide bonds. The molecule has 3 rings (SSSR count). The van der Waals surface area contributed by atoms with E-state index in [0.29, 0.717) is 15.8 Å². The summed E-state index contributed by atoms with van der Waals surface area (Å²) >= 11 is 14.6. The summed E-state index contributed by atoms with van der Waals surface area (Å²) in [5, 5.41) is 30.4. The van der Waals surface area contributed by atoms with Crippen LogP contribution in [0.5, 0.6) is 0 Å². The zero-order valence-corrected chi connectivity index (χ0v) is 25.9. The molecule has 1 aromatic heterocycles. The number of aliphatic hydroxyl groups is 3. The van der Waals surface area contributed by atoms with Gasteiger partial charge in [-0.25, -0.2) is 4.79 Å². The van der Waals surface area contributed by atoms with Gasteiger partial charge in [0, 0.05) is 34.3 Å². The first kappa shape index (κ1) is 32.8. The van der Waals surface area contributed by atoms with E-state index in [1.807, 2.05) is 19.1 Å². The fourth-order valence-corrected chi connectivity index (χ4v) is 7.53. The van der Waals surface area contributed by atoms with Crippen LogP contribution in [-0.4, -0.2) is 76.0 Å². The van der Waals surface area contributed by atoms with E-state index >= 15 is 0 Å². The Hall–Kier alpha value is -1.68. The lowest BCUT2D eigenvalue weighted by Crippen LogP contribution is -2.60. The maximum absolute atomic E-state index is 13.3. The standard InChI is InChI=1S/C30H41Cl2NO6S/c1-4-5-26-24(28-22(12-19(2)13-25(28)32)8-6-21-7-9-23(31)14-21)15-27(40-26)29(38)39-18-30(16-35,17-36)33(10-11-34)20(3)37/h12-13,15,21,23,34-36H,4-11,14,16-18H2,1-3H3/t21-,23+/m0/s1. The summed E-state index contributed by atoms with van der Waals surface area (Å²) in [6.07, 6.45) is 6.78. The zero-order chi connectivity index (χ0) is 29.4. The molecule has 1 aromatic carbocycles. The van der Waals surface area contributed by atoms with E-state index in [0.717, 1.165) is 77.0 Å². The molecule has 1 aliphatic rings. The molecule has 1 saturated carbocycles. The minimum absolute atomic E-state index is 0.112. The first-order chi connectivity index (χ1) is 19.1. The van der Waals surface area contributed by atoms with Crippen LogP contribution in [0.25, 0.3) is 11.1 Å². The van der Waals surface area contributed by atoms with Gasteiger partial charge in [0.25, 0.3) is 0 Å². The minimum atomic E-state index is -1.55. The number of esters is 1. The summed E-state index contributed by atoms with van der Waals surface area (Å²) in [5.41, 5.74) is 2.55. The maximum atomic E-state index is 13.3.